The zero-order valence-electron chi connectivity index (χ0n) is 14.6. The van der Waals surface area contributed by atoms with Crippen LogP contribution in [0.15, 0.2) is 24.4 Å². The molecule has 2 heterocycles. The summed E-state index contributed by atoms with van der Waals surface area (Å²) < 4.78 is 0. The number of aromatic nitrogens is 1. The van der Waals surface area contributed by atoms with E-state index in [1.165, 1.54) is 0 Å². The molecule has 1 saturated heterocycles. The van der Waals surface area contributed by atoms with E-state index in [2.05, 4.69) is 20.1 Å². The van der Waals surface area contributed by atoms with Crippen molar-refractivity contribution < 1.29 is 4.79 Å². The van der Waals surface area contributed by atoms with Gasteiger partial charge < -0.3 is 16.0 Å². The van der Waals surface area contributed by atoms with Gasteiger partial charge in [0.2, 0.25) is 5.91 Å². The van der Waals surface area contributed by atoms with Gasteiger partial charge in [-0.25, -0.2) is 0 Å². The minimum absolute atomic E-state index is 0.0447. The Kier molecular flexibility index (Phi) is 5.42. The molecule has 3 N–H and O–H groups in total. The second-order valence-electron chi connectivity index (χ2n) is 6.42. The normalized spacial score (nSPS) is 16.9. The zero-order chi connectivity index (χ0) is 18.0. The average Bonchev–Trinajstić information content (AvgIpc) is 2.62. The SMILES string of the molecule is CNC(=O)CN1CCN(c2c(C(C)N)cc(Cl)c3cccnc23)CC1. The van der Waals surface area contributed by atoms with Crippen molar-refractivity contribution in [1.29, 1.82) is 0 Å². The van der Waals surface area contributed by atoms with Crippen LogP contribution in [0, 0.1) is 0 Å². The highest BCUT2D eigenvalue weighted by atomic mass is 35.5. The summed E-state index contributed by atoms with van der Waals surface area (Å²) in [5.41, 5.74) is 9.18. The third-order valence-electron chi connectivity index (χ3n) is 4.67. The molecule has 0 bridgehead atoms. The van der Waals surface area contributed by atoms with Gasteiger partial charge in [0, 0.05) is 50.9 Å². The molecule has 134 valence electrons. The maximum absolute atomic E-state index is 11.6. The molecule has 0 spiro atoms. The Morgan fingerprint density at radius 1 is 1.40 bits per heavy atom. The molecule has 1 amide bonds. The van der Waals surface area contributed by atoms with Gasteiger partial charge >= 0.3 is 0 Å². The van der Waals surface area contributed by atoms with Gasteiger partial charge in [0.25, 0.3) is 0 Å². The number of carbonyl (C=O) groups is 1. The number of amides is 1. The van der Waals surface area contributed by atoms with Crippen LogP contribution in [0.25, 0.3) is 10.9 Å². The number of nitrogens with one attached hydrogen (secondary N) is 1. The van der Waals surface area contributed by atoms with Gasteiger partial charge in [0.15, 0.2) is 0 Å². The van der Waals surface area contributed by atoms with E-state index in [1.54, 1.807) is 13.2 Å². The summed E-state index contributed by atoms with van der Waals surface area (Å²) in [6.45, 7) is 5.69. The Bertz CT molecular complexity index is 771. The Morgan fingerprint density at radius 3 is 2.76 bits per heavy atom. The number of nitrogens with two attached hydrogens (primary N) is 1. The van der Waals surface area contributed by atoms with Crippen LogP contribution in [0.2, 0.25) is 5.02 Å². The highest BCUT2D eigenvalue weighted by molar-refractivity contribution is 6.36. The number of fused-ring (bicyclic) bond motifs is 1. The molecule has 0 saturated carbocycles. The Morgan fingerprint density at radius 2 is 2.12 bits per heavy atom. The second kappa shape index (κ2) is 7.56. The minimum Gasteiger partial charge on any atom is -0.367 e. The number of anilines is 1. The van der Waals surface area contributed by atoms with Gasteiger partial charge in [0.1, 0.15) is 0 Å². The monoisotopic (exact) mass is 361 g/mol. The first-order chi connectivity index (χ1) is 12.0. The molecule has 0 aliphatic carbocycles. The van der Waals surface area contributed by atoms with Crippen molar-refractivity contribution in [2.45, 2.75) is 13.0 Å². The van der Waals surface area contributed by atoms with E-state index in [9.17, 15) is 4.79 Å². The van der Waals surface area contributed by atoms with Gasteiger partial charge in [-0.15, -0.1) is 0 Å². The van der Waals surface area contributed by atoms with Crippen LogP contribution in [0.1, 0.15) is 18.5 Å². The van der Waals surface area contributed by atoms with Crippen LogP contribution in [-0.4, -0.2) is 55.6 Å². The number of benzene rings is 1. The molecule has 0 radical (unpaired) electrons. The van der Waals surface area contributed by atoms with Crippen molar-refractivity contribution in [3.05, 3.63) is 35.0 Å². The predicted octanol–water partition coefficient (Wildman–Crippen LogP) is 1.78. The van der Waals surface area contributed by atoms with E-state index >= 15 is 0 Å². The predicted molar refractivity (Wildman–Crippen MR) is 102 cm³/mol. The van der Waals surface area contributed by atoms with Crippen LogP contribution in [-0.2, 0) is 4.79 Å². The summed E-state index contributed by atoms with van der Waals surface area (Å²) in [6, 6.07) is 5.71. The second-order valence-corrected chi connectivity index (χ2v) is 6.83. The van der Waals surface area contributed by atoms with E-state index in [0.717, 1.165) is 48.3 Å². The van der Waals surface area contributed by atoms with Crippen LogP contribution in [0.3, 0.4) is 0 Å². The first-order valence-corrected chi connectivity index (χ1v) is 8.89. The van der Waals surface area contributed by atoms with E-state index in [0.29, 0.717) is 11.6 Å². The molecule has 1 aromatic carbocycles. The number of carbonyl (C=O) groups excluding carboxylic acids is 1. The highest BCUT2D eigenvalue weighted by Crippen LogP contribution is 2.37. The van der Waals surface area contributed by atoms with Gasteiger partial charge in [-0.3, -0.25) is 14.7 Å². The van der Waals surface area contributed by atoms with E-state index in [-0.39, 0.29) is 11.9 Å². The Balaban J connectivity index is 1.92. The lowest BCUT2D eigenvalue weighted by atomic mass is 10.0. The fourth-order valence-corrected chi connectivity index (χ4v) is 3.57. The molecular formula is C18H24ClN5O. The third-order valence-corrected chi connectivity index (χ3v) is 4.98. The lowest BCUT2D eigenvalue weighted by molar-refractivity contribution is -0.121. The quantitative estimate of drug-likeness (QED) is 0.868. The van der Waals surface area contributed by atoms with Crippen molar-refractivity contribution in [3.63, 3.8) is 0 Å². The first kappa shape index (κ1) is 17.9. The van der Waals surface area contributed by atoms with Gasteiger partial charge in [-0.2, -0.15) is 0 Å². The Labute approximate surface area is 152 Å². The summed E-state index contributed by atoms with van der Waals surface area (Å²) in [6.07, 6.45) is 1.79. The zero-order valence-corrected chi connectivity index (χ0v) is 15.4. The average molecular weight is 362 g/mol. The molecule has 25 heavy (non-hydrogen) atoms. The molecule has 1 fully saturated rings. The smallest absolute Gasteiger partial charge is 0.233 e. The molecule has 1 unspecified atom stereocenters. The van der Waals surface area contributed by atoms with Gasteiger partial charge in [-0.1, -0.05) is 11.6 Å². The van der Waals surface area contributed by atoms with Crippen LogP contribution < -0.4 is 16.0 Å². The van der Waals surface area contributed by atoms with E-state index in [1.807, 2.05) is 25.1 Å². The van der Waals surface area contributed by atoms with E-state index < -0.39 is 0 Å². The summed E-state index contributed by atoms with van der Waals surface area (Å²) in [5.74, 6) is 0.0447. The van der Waals surface area contributed by atoms with Crippen LogP contribution in [0.4, 0.5) is 5.69 Å². The van der Waals surface area contributed by atoms with Crippen LogP contribution in [0.5, 0.6) is 0 Å². The molecule has 6 nitrogen and oxygen atoms in total. The summed E-state index contributed by atoms with van der Waals surface area (Å²) >= 11 is 6.45. The fourth-order valence-electron chi connectivity index (χ4n) is 3.30. The standard InChI is InChI=1S/C18H24ClN5O/c1-12(20)14-10-15(19)13-4-3-5-22-17(13)18(14)24-8-6-23(7-9-24)11-16(25)21-2/h3-5,10,12H,6-9,11,20H2,1-2H3,(H,21,25). The molecule has 7 heteroatoms. The van der Waals surface area contributed by atoms with Gasteiger partial charge in [0.05, 0.1) is 22.8 Å². The molecule has 1 aromatic heterocycles. The minimum atomic E-state index is -0.136. The number of rotatable bonds is 4. The van der Waals surface area contributed by atoms with Crippen molar-refractivity contribution >= 4 is 34.1 Å². The van der Waals surface area contributed by atoms with Gasteiger partial charge in [-0.05, 0) is 30.7 Å². The highest BCUT2D eigenvalue weighted by Gasteiger charge is 2.24. The number of halogens is 1. The maximum Gasteiger partial charge on any atom is 0.233 e. The lowest BCUT2D eigenvalue weighted by Gasteiger charge is -2.37. The first-order valence-electron chi connectivity index (χ1n) is 8.52. The molecule has 3 rings (SSSR count). The largest absolute Gasteiger partial charge is 0.367 e. The number of piperazine rings is 1. The third kappa shape index (κ3) is 3.71. The topological polar surface area (TPSA) is 74.5 Å². The maximum atomic E-state index is 11.6. The summed E-state index contributed by atoms with van der Waals surface area (Å²) in [4.78, 5) is 20.6. The summed E-state index contributed by atoms with van der Waals surface area (Å²) in [5, 5.41) is 4.29. The number of hydrogen-bond acceptors (Lipinski definition) is 5. The number of hydrogen-bond donors (Lipinski definition) is 2. The Hall–Kier alpha value is -1.89. The van der Waals surface area contributed by atoms with Crippen molar-refractivity contribution in [2.24, 2.45) is 5.73 Å². The van der Waals surface area contributed by atoms with Crippen molar-refractivity contribution in [3.8, 4) is 0 Å². The molecule has 1 aliphatic heterocycles. The lowest BCUT2D eigenvalue weighted by Crippen LogP contribution is -2.49. The molecule has 1 aliphatic rings. The number of pyridine rings is 1. The molecule has 1 atom stereocenters. The molecular weight excluding hydrogens is 338 g/mol. The fraction of sp³-hybridized carbons (Fsp3) is 0.444. The van der Waals surface area contributed by atoms with Crippen molar-refractivity contribution in [1.82, 2.24) is 15.2 Å². The van der Waals surface area contributed by atoms with Crippen LogP contribution >= 0.6 is 11.6 Å². The number of nitrogens with zero attached hydrogens (tertiary/aromatic N) is 3. The van der Waals surface area contributed by atoms with E-state index in [4.69, 9.17) is 17.3 Å². The summed E-state index contributed by atoms with van der Waals surface area (Å²) in [7, 11) is 1.67. The van der Waals surface area contributed by atoms with Crippen molar-refractivity contribution in [2.75, 3.05) is 44.7 Å². The number of likely N-dealkylation sites (N-methyl/N-ethyl adjacent to an activating group) is 1. The molecule has 2 aromatic rings.